The average molecular weight is 327 g/mol. The Morgan fingerprint density at radius 1 is 1.08 bits per heavy atom. The van der Waals surface area contributed by atoms with Gasteiger partial charge in [-0.25, -0.2) is 4.98 Å². The van der Waals surface area contributed by atoms with E-state index < -0.39 is 0 Å². The largest absolute Gasteiger partial charge is 0.495 e. The molecule has 24 heavy (non-hydrogen) atoms. The number of methoxy groups -OCH3 is 1. The van der Waals surface area contributed by atoms with Crippen molar-refractivity contribution in [3.63, 3.8) is 0 Å². The lowest BCUT2D eigenvalue weighted by atomic mass is 10.3. The molecule has 2 aromatic heterocycles. The zero-order valence-corrected chi connectivity index (χ0v) is 14.0. The standard InChI is InChI=1S/C17H21N5O2/c1-13-4-7-16(20-19-13)21-8-3-9-22(11-10-21)17(23)15-6-5-14(24-2)12-18-15/h4-7,12H,3,8-11H2,1-2H3. The molecule has 1 aliphatic rings. The monoisotopic (exact) mass is 327 g/mol. The van der Waals surface area contributed by atoms with Gasteiger partial charge in [-0.1, -0.05) is 0 Å². The number of amides is 1. The van der Waals surface area contributed by atoms with Crippen molar-refractivity contribution < 1.29 is 9.53 Å². The lowest BCUT2D eigenvalue weighted by Gasteiger charge is -2.22. The van der Waals surface area contributed by atoms with E-state index in [9.17, 15) is 4.79 Å². The molecule has 0 unspecified atom stereocenters. The quantitative estimate of drug-likeness (QED) is 0.851. The van der Waals surface area contributed by atoms with E-state index in [1.165, 1.54) is 0 Å². The van der Waals surface area contributed by atoms with Crippen molar-refractivity contribution in [2.75, 3.05) is 38.2 Å². The van der Waals surface area contributed by atoms with Crippen LogP contribution in [0.5, 0.6) is 5.75 Å². The first kappa shape index (κ1) is 16.2. The maximum absolute atomic E-state index is 12.6. The van der Waals surface area contributed by atoms with E-state index in [0.29, 0.717) is 24.5 Å². The third-order valence-corrected chi connectivity index (χ3v) is 4.08. The van der Waals surface area contributed by atoms with E-state index >= 15 is 0 Å². The molecule has 0 radical (unpaired) electrons. The number of aryl methyl sites for hydroxylation is 1. The average Bonchev–Trinajstić information content (AvgIpc) is 2.88. The number of hydrogen-bond donors (Lipinski definition) is 0. The molecule has 1 amide bonds. The molecule has 1 saturated heterocycles. The Hall–Kier alpha value is -2.70. The zero-order valence-electron chi connectivity index (χ0n) is 14.0. The van der Waals surface area contributed by atoms with E-state index in [1.807, 2.05) is 24.0 Å². The zero-order chi connectivity index (χ0) is 16.9. The van der Waals surface area contributed by atoms with Gasteiger partial charge in [0.05, 0.1) is 19.0 Å². The summed E-state index contributed by atoms with van der Waals surface area (Å²) in [6.45, 7) is 4.86. The Morgan fingerprint density at radius 2 is 1.96 bits per heavy atom. The number of carbonyl (C=O) groups excluding carboxylic acids is 1. The van der Waals surface area contributed by atoms with E-state index in [2.05, 4.69) is 20.1 Å². The summed E-state index contributed by atoms with van der Waals surface area (Å²) in [5.41, 5.74) is 1.34. The van der Waals surface area contributed by atoms with Crippen molar-refractivity contribution in [2.45, 2.75) is 13.3 Å². The first-order valence-electron chi connectivity index (χ1n) is 8.02. The number of pyridine rings is 1. The molecule has 0 aliphatic carbocycles. The van der Waals surface area contributed by atoms with Crippen LogP contribution >= 0.6 is 0 Å². The molecular formula is C17H21N5O2. The van der Waals surface area contributed by atoms with Crippen LogP contribution in [0.25, 0.3) is 0 Å². The summed E-state index contributed by atoms with van der Waals surface area (Å²) < 4.78 is 5.08. The number of hydrogen-bond acceptors (Lipinski definition) is 6. The fourth-order valence-electron chi connectivity index (χ4n) is 2.70. The highest BCUT2D eigenvalue weighted by Crippen LogP contribution is 2.15. The summed E-state index contributed by atoms with van der Waals surface area (Å²) in [7, 11) is 1.58. The summed E-state index contributed by atoms with van der Waals surface area (Å²) in [5.74, 6) is 1.46. The molecule has 0 spiro atoms. The van der Waals surface area contributed by atoms with Crippen molar-refractivity contribution in [2.24, 2.45) is 0 Å². The van der Waals surface area contributed by atoms with Gasteiger partial charge >= 0.3 is 0 Å². The van der Waals surface area contributed by atoms with E-state index in [0.717, 1.165) is 31.0 Å². The van der Waals surface area contributed by atoms with Gasteiger partial charge in [0.25, 0.3) is 5.91 Å². The minimum absolute atomic E-state index is 0.0468. The molecule has 126 valence electrons. The Morgan fingerprint density at radius 3 is 2.62 bits per heavy atom. The van der Waals surface area contributed by atoms with Gasteiger partial charge < -0.3 is 14.5 Å². The highest BCUT2D eigenvalue weighted by atomic mass is 16.5. The van der Waals surface area contributed by atoms with Crippen LogP contribution in [0.15, 0.2) is 30.5 Å². The lowest BCUT2D eigenvalue weighted by Crippen LogP contribution is -2.35. The van der Waals surface area contributed by atoms with Gasteiger partial charge in [0.2, 0.25) is 0 Å². The predicted octanol–water partition coefficient (Wildman–Crippen LogP) is 1.54. The SMILES string of the molecule is COc1ccc(C(=O)N2CCCN(c3ccc(C)nn3)CC2)nc1. The second-order valence-corrected chi connectivity index (χ2v) is 5.75. The van der Waals surface area contributed by atoms with Gasteiger partial charge in [-0.3, -0.25) is 4.79 Å². The molecule has 0 atom stereocenters. The third kappa shape index (κ3) is 3.61. The molecule has 0 bridgehead atoms. The maximum atomic E-state index is 12.6. The number of aromatic nitrogens is 3. The molecular weight excluding hydrogens is 306 g/mol. The highest BCUT2D eigenvalue weighted by molar-refractivity contribution is 5.92. The Labute approximate surface area is 141 Å². The van der Waals surface area contributed by atoms with Gasteiger partial charge in [-0.2, -0.15) is 5.10 Å². The van der Waals surface area contributed by atoms with E-state index in [4.69, 9.17) is 4.74 Å². The van der Waals surface area contributed by atoms with Crippen molar-refractivity contribution >= 4 is 11.7 Å². The van der Waals surface area contributed by atoms with Gasteiger partial charge in [-0.15, -0.1) is 5.10 Å². The molecule has 7 heteroatoms. The summed E-state index contributed by atoms with van der Waals surface area (Å²) in [5, 5.41) is 8.35. The fraction of sp³-hybridized carbons (Fsp3) is 0.412. The third-order valence-electron chi connectivity index (χ3n) is 4.08. The van der Waals surface area contributed by atoms with Crippen LogP contribution in [-0.4, -0.2) is 59.3 Å². The Balaban J connectivity index is 1.66. The van der Waals surface area contributed by atoms with Crippen LogP contribution in [0, 0.1) is 6.92 Å². The molecule has 7 nitrogen and oxygen atoms in total. The molecule has 1 fully saturated rings. The molecule has 3 rings (SSSR count). The van der Waals surface area contributed by atoms with Crippen LogP contribution in [0.1, 0.15) is 22.6 Å². The molecule has 1 aliphatic heterocycles. The van der Waals surface area contributed by atoms with Crippen LogP contribution in [0.4, 0.5) is 5.82 Å². The Kier molecular flexibility index (Phi) is 4.88. The molecule has 3 heterocycles. The lowest BCUT2D eigenvalue weighted by molar-refractivity contribution is 0.0761. The van der Waals surface area contributed by atoms with Gasteiger partial charge in [0.15, 0.2) is 5.82 Å². The fourth-order valence-corrected chi connectivity index (χ4v) is 2.70. The van der Waals surface area contributed by atoms with Crippen molar-refractivity contribution in [3.8, 4) is 5.75 Å². The predicted molar refractivity (Wildman–Crippen MR) is 90.3 cm³/mol. The number of rotatable bonds is 3. The van der Waals surface area contributed by atoms with Crippen LogP contribution in [-0.2, 0) is 0 Å². The molecule has 0 N–H and O–H groups in total. The number of anilines is 1. The molecule has 2 aromatic rings. The molecule has 0 saturated carbocycles. The number of carbonyl (C=O) groups is 1. The maximum Gasteiger partial charge on any atom is 0.272 e. The van der Waals surface area contributed by atoms with Crippen molar-refractivity contribution in [1.29, 1.82) is 0 Å². The van der Waals surface area contributed by atoms with E-state index in [1.54, 1.807) is 25.4 Å². The molecule has 0 aromatic carbocycles. The smallest absolute Gasteiger partial charge is 0.272 e. The van der Waals surface area contributed by atoms with Crippen molar-refractivity contribution in [3.05, 3.63) is 41.9 Å². The topological polar surface area (TPSA) is 71.5 Å². The normalized spacial score (nSPS) is 15.1. The van der Waals surface area contributed by atoms with Gasteiger partial charge in [0.1, 0.15) is 11.4 Å². The summed E-state index contributed by atoms with van der Waals surface area (Å²) in [6.07, 6.45) is 2.46. The number of ether oxygens (including phenoxy) is 1. The second-order valence-electron chi connectivity index (χ2n) is 5.75. The second kappa shape index (κ2) is 7.25. The summed E-state index contributed by atoms with van der Waals surface area (Å²) in [6, 6.07) is 7.39. The van der Waals surface area contributed by atoms with E-state index in [-0.39, 0.29) is 5.91 Å². The summed E-state index contributed by atoms with van der Waals surface area (Å²) in [4.78, 5) is 20.8. The number of nitrogens with zero attached hydrogens (tertiary/aromatic N) is 5. The highest BCUT2D eigenvalue weighted by Gasteiger charge is 2.22. The minimum Gasteiger partial charge on any atom is -0.495 e. The van der Waals surface area contributed by atoms with Gasteiger partial charge in [0, 0.05) is 26.2 Å². The Bertz CT molecular complexity index is 687. The summed E-state index contributed by atoms with van der Waals surface area (Å²) >= 11 is 0. The minimum atomic E-state index is -0.0468. The van der Waals surface area contributed by atoms with Crippen LogP contribution in [0.3, 0.4) is 0 Å². The van der Waals surface area contributed by atoms with Crippen LogP contribution < -0.4 is 9.64 Å². The van der Waals surface area contributed by atoms with Crippen LogP contribution in [0.2, 0.25) is 0 Å². The first-order valence-corrected chi connectivity index (χ1v) is 8.02. The first-order chi connectivity index (χ1) is 11.7. The van der Waals surface area contributed by atoms with Gasteiger partial charge in [-0.05, 0) is 37.6 Å². The van der Waals surface area contributed by atoms with Crippen molar-refractivity contribution in [1.82, 2.24) is 20.1 Å².